The molecule has 0 spiro atoms. The first-order chi connectivity index (χ1) is 16.6. The van der Waals surface area contributed by atoms with Gasteiger partial charge in [-0.3, -0.25) is 14.4 Å². The van der Waals surface area contributed by atoms with Gasteiger partial charge in [0.1, 0.15) is 0 Å². The van der Waals surface area contributed by atoms with Gasteiger partial charge in [0, 0.05) is 44.5 Å². The Morgan fingerprint density at radius 2 is 1.74 bits per heavy atom. The molecule has 0 amide bonds. The van der Waals surface area contributed by atoms with Gasteiger partial charge in [0.2, 0.25) is 0 Å². The quantitative estimate of drug-likeness (QED) is 0.535. The molecule has 0 saturated heterocycles. The molecule has 0 aliphatic heterocycles. The lowest BCUT2D eigenvalue weighted by Gasteiger charge is -2.55. The number of rotatable bonds is 4. The number of carbonyl (C=O) groups excluding carboxylic acids is 3. The second kappa shape index (κ2) is 8.46. The van der Waals surface area contributed by atoms with Crippen molar-refractivity contribution in [2.45, 2.75) is 77.2 Å². The minimum absolute atomic E-state index is 0.0323. The minimum atomic E-state index is -1.07. The molecule has 0 N–H and O–H groups in total. The molecule has 5 heteroatoms. The Balaban J connectivity index is 1.68. The van der Waals surface area contributed by atoms with E-state index in [4.69, 9.17) is 4.74 Å². The number of Topliss-reactive ketones (excluding diaryl/α,β-unsaturated/α-hetero) is 1. The number of allylic oxidation sites excluding steroid dienone is 4. The summed E-state index contributed by atoms with van der Waals surface area (Å²) in [6.07, 6.45) is 7.41. The fourth-order valence-electron chi connectivity index (χ4n) is 8.02. The van der Waals surface area contributed by atoms with E-state index in [0.29, 0.717) is 18.8 Å². The molecule has 0 aromatic heterocycles. The first-order valence-corrected chi connectivity index (χ1v) is 13.0. The molecule has 4 aliphatic carbocycles. The van der Waals surface area contributed by atoms with Gasteiger partial charge in [0.25, 0.3) is 0 Å². The van der Waals surface area contributed by atoms with Crippen molar-refractivity contribution in [2.24, 2.45) is 17.3 Å². The number of benzene rings is 1. The highest BCUT2D eigenvalue weighted by molar-refractivity contribution is 5.93. The molecule has 0 unspecified atom stereocenters. The van der Waals surface area contributed by atoms with Crippen LogP contribution in [0.25, 0.3) is 0 Å². The zero-order chi connectivity index (χ0) is 25.1. The summed E-state index contributed by atoms with van der Waals surface area (Å²) in [7, 11) is 4.08. The summed E-state index contributed by atoms with van der Waals surface area (Å²) in [5.41, 5.74) is 4.98. The Morgan fingerprint density at radius 3 is 2.37 bits per heavy atom. The number of carbonyl (C=O) groups is 3. The number of ketones is 2. The van der Waals surface area contributed by atoms with Crippen molar-refractivity contribution in [3.8, 4) is 0 Å². The van der Waals surface area contributed by atoms with E-state index in [1.807, 2.05) is 20.2 Å². The van der Waals surface area contributed by atoms with E-state index in [0.717, 1.165) is 37.8 Å². The van der Waals surface area contributed by atoms with Gasteiger partial charge in [0.15, 0.2) is 17.2 Å². The summed E-state index contributed by atoms with van der Waals surface area (Å²) in [5, 5.41) is 0. The smallest absolute Gasteiger partial charge is 0.303 e. The van der Waals surface area contributed by atoms with Crippen LogP contribution in [-0.4, -0.2) is 37.2 Å². The van der Waals surface area contributed by atoms with Gasteiger partial charge in [0.05, 0.1) is 0 Å². The van der Waals surface area contributed by atoms with Crippen molar-refractivity contribution in [2.75, 3.05) is 19.0 Å². The van der Waals surface area contributed by atoms with Gasteiger partial charge in [-0.1, -0.05) is 24.6 Å². The molecule has 0 bridgehead atoms. The van der Waals surface area contributed by atoms with Gasteiger partial charge in [-0.15, -0.1) is 0 Å². The third kappa shape index (κ3) is 3.61. The van der Waals surface area contributed by atoms with Crippen molar-refractivity contribution in [3.63, 3.8) is 0 Å². The van der Waals surface area contributed by atoms with E-state index in [9.17, 15) is 14.4 Å². The summed E-state index contributed by atoms with van der Waals surface area (Å²) in [6.45, 7) is 5.22. The third-order valence-electron chi connectivity index (χ3n) is 9.55. The van der Waals surface area contributed by atoms with Crippen LogP contribution in [0.1, 0.15) is 77.2 Å². The van der Waals surface area contributed by atoms with Crippen molar-refractivity contribution >= 4 is 23.2 Å². The number of ether oxygens (including phenoxy) is 1. The molecule has 5 rings (SSSR count). The normalized spacial score (nSPS) is 33.9. The molecule has 35 heavy (non-hydrogen) atoms. The van der Waals surface area contributed by atoms with Crippen molar-refractivity contribution in [1.82, 2.24) is 0 Å². The van der Waals surface area contributed by atoms with Crippen LogP contribution in [-0.2, 0) is 19.1 Å². The highest BCUT2D eigenvalue weighted by atomic mass is 16.6. The SMILES string of the molecule is CC(=O)O[C@]1(C(C)=O)CC[C@H]2[C@@H]3CCC4=CC(=O)CCC4=C3[C@@H](c3ccc(N(C)C)cc3)C[C@@]21C. The summed E-state index contributed by atoms with van der Waals surface area (Å²) in [5.74, 6) is 0.584. The molecule has 0 radical (unpaired) electrons. The molecule has 0 heterocycles. The van der Waals surface area contributed by atoms with E-state index < -0.39 is 11.0 Å². The average Bonchev–Trinajstić information content (AvgIpc) is 3.10. The maximum absolute atomic E-state index is 13.2. The van der Waals surface area contributed by atoms with E-state index in [2.05, 4.69) is 36.1 Å². The monoisotopic (exact) mass is 475 g/mol. The standard InChI is InChI=1S/C30H37NO4/c1-18(32)30(35-19(2)33)15-14-27-25-12-8-21-16-23(34)11-13-24(21)28(25)26(17-29(27,30)3)20-6-9-22(10-7-20)31(4)5/h6-7,9-10,16,25-27H,8,11-15,17H2,1-5H3/t25-,26+,27-,29-,30-/m0/s1. The molecule has 1 aromatic rings. The fraction of sp³-hybridized carbons (Fsp3) is 0.567. The van der Waals surface area contributed by atoms with Crippen LogP contribution in [0.2, 0.25) is 0 Å². The maximum atomic E-state index is 13.2. The van der Waals surface area contributed by atoms with Crippen LogP contribution < -0.4 is 4.90 Å². The molecular weight excluding hydrogens is 438 g/mol. The minimum Gasteiger partial charge on any atom is -0.451 e. The van der Waals surface area contributed by atoms with Crippen LogP contribution in [0.15, 0.2) is 47.1 Å². The Hall–Kier alpha value is -2.69. The molecule has 2 saturated carbocycles. The molecule has 5 atom stereocenters. The second-order valence-electron chi connectivity index (χ2n) is 11.5. The lowest BCUT2D eigenvalue weighted by atomic mass is 9.50. The highest BCUT2D eigenvalue weighted by Gasteiger charge is 2.67. The first kappa shape index (κ1) is 24.0. The van der Waals surface area contributed by atoms with Gasteiger partial charge in [-0.05, 0) is 92.2 Å². The lowest BCUT2D eigenvalue weighted by Crippen LogP contribution is -2.57. The number of esters is 1. The van der Waals surface area contributed by atoms with Crippen molar-refractivity contribution < 1.29 is 19.1 Å². The molecule has 5 nitrogen and oxygen atoms in total. The fourth-order valence-corrected chi connectivity index (χ4v) is 8.02. The van der Waals surface area contributed by atoms with Crippen LogP contribution in [0.5, 0.6) is 0 Å². The van der Waals surface area contributed by atoms with E-state index >= 15 is 0 Å². The van der Waals surface area contributed by atoms with Crippen LogP contribution in [0, 0.1) is 17.3 Å². The molecule has 1 aromatic carbocycles. The largest absolute Gasteiger partial charge is 0.451 e. The molecule has 2 fully saturated rings. The molecular formula is C30H37NO4. The zero-order valence-electron chi connectivity index (χ0n) is 21.6. The highest BCUT2D eigenvalue weighted by Crippen LogP contribution is 2.67. The topological polar surface area (TPSA) is 63.7 Å². The summed E-state index contributed by atoms with van der Waals surface area (Å²) < 4.78 is 6.00. The van der Waals surface area contributed by atoms with E-state index in [1.54, 1.807) is 6.92 Å². The van der Waals surface area contributed by atoms with E-state index in [-0.39, 0.29) is 29.4 Å². The van der Waals surface area contributed by atoms with Gasteiger partial charge < -0.3 is 9.64 Å². The zero-order valence-corrected chi connectivity index (χ0v) is 21.6. The second-order valence-corrected chi connectivity index (χ2v) is 11.5. The number of fused-ring (bicyclic) bond motifs is 4. The molecule has 186 valence electrons. The summed E-state index contributed by atoms with van der Waals surface area (Å²) >= 11 is 0. The summed E-state index contributed by atoms with van der Waals surface area (Å²) in [4.78, 5) is 39.8. The van der Waals surface area contributed by atoms with E-state index in [1.165, 1.54) is 29.2 Å². The van der Waals surface area contributed by atoms with Crippen molar-refractivity contribution in [3.05, 3.63) is 52.6 Å². The number of hydrogen-bond acceptors (Lipinski definition) is 5. The Kier molecular flexibility index (Phi) is 5.81. The predicted molar refractivity (Wildman–Crippen MR) is 136 cm³/mol. The van der Waals surface area contributed by atoms with Gasteiger partial charge in [-0.2, -0.15) is 0 Å². The average molecular weight is 476 g/mol. The Morgan fingerprint density at radius 1 is 1.03 bits per heavy atom. The number of hydrogen-bond donors (Lipinski definition) is 0. The lowest BCUT2D eigenvalue weighted by molar-refractivity contribution is -0.182. The van der Waals surface area contributed by atoms with Crippen molar-refractivity contribution in [1.29, 1.82) is 0 Å². The number of anilines is 1. The third-order valence-corrected chi connectivity index (χ3v) is 9.55. The van der Waals surface area contributed by atoms with Gasteiger partial charge >= 0.3 is 5.97 Å². The first-order valence-electron chi connectivity index (χ1n) is 13.0. The van der Waals surface area contributed by atoms with Crippen LogP contribution >= 0.6 is 0 Å². The van der Waals surface area contributed by atoms with Crippen LogP contribution in [0.4, 0.5) is 5.69 Å². The predicted octanol–water partition coefficient (Wildman–Crippen LogP) is 5.54. The van der Waals surface area contributed by atoms with Crippen LogP contribution in [0.3, 0.4) is 0 Å². The number of nitrogens with zero attached hydrogens (tertiary/aromatic N) is 1. The molecule has 4 aliphatic rings. The maximum Gasteiger partial charge on any atom is 0.303 e. The van der Waals surface area contributed by atoms with Gasteiger partial charge in [-0.25, -0.2) is 0 Å². The Bertz CT molecular complexity index is 1140. The summed E-state index contributed by atoms with van der Waals surface area (Å²) in [6, 6.07) is 8.76. The Labute approximate surface area is 208 Å².